The van der Waals surface area contributed by atoms with Crippen LogP contribution in [0.5, 0.6) is 11.5 Å². The fourth-order valence-corrected chi connectivity index (χ4v) is 7.39. The zero-order valence-corrected chi connectivity index (χ0v) is 22.4. The van der Waals surface area contributed by atoms with Crippen LogP contribution in [0.2, 0.25) is 5.02 Å². The summed E-state index contributed by atoms with van der Waals surface area (Å²) in [6, 6.07) is 13.5. The van der Waals surface area contributed by atoms with Crippen molar-refractivity contribution in [1.82, 2.24) is 0 Å². The molecule has 0 aliphatic rings. The number of anilines is 1. The Morgan fingerprint density at radius 3 is 1.54 bits per heavy atom. The maximum absolute atomic E-state index is 13.9. The molecule has 188 valence electrons. The van der Waals surface area contributed by atoms with E-state index < -0.39 is 20.0 Å². The van der Waals surface area contributed by atoms with Crippen LogP contribution in [-0.2, 0) is 20.0 Å². The van der Waals surface area contributed by atoms with Gasteiger partial charge in [-0.2, -0.15) is 3.71 Å². The van der Waals surface area contributed by atoms with E-state index in [1.807, 2.05) is 27.7 Å². The number of sulfonamides is 2. The molecule has 0 radical (unpaired) electrons. The Labute approximate surface area is 212 Å². The summed E-state index contributed by atoms with van der Waals surface area (Å²) in [4.78, 5) is -0.481. The number of nitrogens with zero attached hydrogens (tertiary/aromatic N) is 1. The average Bonchev–Trinajstić information content (AvgIpc) is 2.79. The van der Waals surface area contributed by atoms with Gasteiger partial charge in [0.2, 0.25) is 0 Å². The fraction of sp³-hybridized carbons (Fsp3) is 0.280. The minimum atomic E-state index is -4.62. The van der Waals surface area contributed by atoms with Crippen LogP contribution in [-0.4, -0.2) is 29.1 Å². The van der Waals surface area contributed by atoms with Crippen molar-refractivity contribution >= 4 is 37.3 Å². The highest BCUT2D eigenvalue weighted by Crippen LogP contribution is 2.40. The van der Waals surface area contributed by atoms with Gasteiger partial charge in [0, 0.05) is 5.02 Å². The lowest BCUT2D eigenvalue weighted by atomic mass is 9.93. The summed E-state index contributed by atoms with van der Waals surface area (Å²) in [5, 5.41) is 11.1. The Balaban J connectivity index is 2.38. The molecule has 0 heterocycles. The Hall–Kier alpha value is -2.75. The van der Waals surface area contributed by atoms with E-state index in [4.69, 9.17) is 16.3 Å². The van der Waals surface area contributed by atoms with E-state index in [2.05, 4.69) is 0 Å². The third-order valence-electron chi connectivity index (χ3n) is 5.51. The first-order chi connectivity index (χ1) is 16.3. The standard InChI is InChI=1S/C25H28ClNO6S2/c1-16(2)23-14-19(15-24(17(3)4)25(23)28)27(34(29,30)21-10-6-18(26)7-11-21)35(31,32)22-12-8-20(33-5)9-13-22/h6-17,28H,1-5H3. The highest BCUT2D eigenvalue weighted by atomic mass is 35.5. The molecular formula is C25H28ClNO6S2. The number of aromatic hydroxyl groups is 1. The molecule has 35 heavy (non-hydrogen) atoms. The molecule has 0 atom stereocenters. The van der Waals surface area contributed by atoms with Crippen molar-refractivity contribution in [3.05, 3.63) is 76.8 Å². The van der Waals surface area contributed by atoms with Crippen LogP contribution >= 0.6 is 11.6 Å². The summed E-state index contributed by atoms with van der Waals surface area (Å²) < 4.78 is 61.0. The lowest BCUT2D eigenvalue weighted by Gasteiger charge is -2.27. The Kier molecular flexibility index (Phi) is 7.74. The predicted molar refractivity (Wildman–Crippen MR) is 138 cm³/mol. The molecule has 0 fully saturated rings. The molecule has 0 unspecified atom stereocenters. The number of ether oxygens (including phenoxy) is 1. The molecule has 3 rings (SSSR count). The van der Waals surface area contributed by atoms with Gasteiger partial charge in [-0.05, 0) is 83.6 Å². The molecule has 0 bridgehead atoms. The largest absolute Gasteiger partial charge is 0.507 e. The first-order valence-electron chi connectivity index (χ1n) is 10.9. The minimum Gasteiger partial charge on any atom is -0.507 e. The molecular weight excluding hydrogens is 510 g/mol. The van der Waals surface area contributed by atoms with Crippen molar-refractivity contribution in [1.29, 1.82) is 0 Å². The highest BCUT2D eigenvalue weighted by Gasteiger charge is 2.38. The monoisotopic (exact) mass is 537 g/mol. The van der Waals surface area contributed by atoms with Gasteiger partial charge in [0.1, 0.15) is 11.5 Å². The number of benzene rings is 3. The fourth-order valence-electron chi connectivity index (χ4n) is 3.60. The number of phenols is 1. The molecule has 1 N–H and O–H groups in total. The number of hydrogen-bond acceptors (Lipinski definition) is 6. The van der Waals surface area contributed by atoms with Crippen LogP contribution in [0.1, 0.15) is 50.7 Å². The summed E-state index contributed by atoms with van der Waals surface area (Å²) in [5.41, 5.74) is 0.779. The zero-order chi connectivity index (χ0) is 26.1. The topological polar surface area (TPSA) is 101 Å². The number of halogens is 1. The van der Waals surface area contributed by atoms with Crippen LogP contribution in [0.4, 0.5) is 5.69 Å². The van der Waals surface area contributed by atoms with Gasteiger partial charge in [0.25, 0.3) is 20.0 Å². The summed E-state index contributed by atoms with van der Waals surface area (Å²) >= 11 is 5.94. The quantitative estimate of drug-likeness (QED) is 0.385. The third kappa shape index (κ3) is 5.27. The van der Waals surface area contributed by atoms with Crippen LogP contribution in [0.15, 0.2) is 70.5 Å². The molecule has 0 saturated heterocycles. The molecule has 0 saturated carbocycles. The lowest BCUT2D eigenvalue weighted by Crippen LogP contribution is -2.37. The second kappa shape index (κ2) is 10.1. The van der Waals surface area contributed by atoms with Gasteiger partial charge in [-0.25, -0.2) is 16.8 Å². The maximum atomic E-state index is 13.9. The third-order valence-corrected chi connectivity index (χ3v) is 9.97. The molecule has 3 aromatic rings. The van der Waals surface area contributed by atoms with Crippen molar-refractivity contribution in [2.24, 2.45) is 0 Å². The predicted octanol–water partition coefficient (Wildman–Crippen LogP) is 5.89. The lowest BCUT2D eigenvalue weighted by molar-refractivity contribution is 0.414. The van der Waals surface area contributed by atoms with Crippen molar-refractivity contribution in [3.63, 3.8) is 0 Å². The van der Waals surface area contributed by atoms with Gasteiger partial charge >= 0.3 is 0 Å². The van der Waals surface area contributed by atoms with E-state index in [0.29, 0.717) is 25.6 Å². The van der Waals surface area contributed by atoms with Crippen LogP contribution in [0, 0.1) is 0 Å². The average molecular weight is 538 g/mol. The van der Waals surface area contributed by atoms with E-state index in [0.717, 1.165) is 0 Å². The molecule has 3 aromatic carbocycles. The Morgan fingerprint density at radius 2 is 1.17 bits per heavy atom. The van der Waals surface area contributed by atoms with Gasteiger partial charge in [-0.1, -0.05) is 39.3 Å². The van der Waals surface area contributed by atoms with E-state index >= 15 is 0 Å². The molecule has 0 aromatic heterocycles. The van der Waals surface area contributed by atoms with Crippen LogP contribution in [0.25, 0.3) is 0 Å². The Bertz CT molecular complexity index is 1390. The second-order valence-corrected chi connectivity index (χ2v) is 12.9. The summed E-state index contributed by atoms with van der Waals surface area (Å²) in [6.45, 7) is 7.33. The van der Waals surface area contributed by atoms with E-state index in [1.165, 1.54) is 67.8 Å². The molecule has 0 aliphatic heterocycles. The molecule has 0 amide bonds. The van der Waals surface area contributed by atoms with Gasteiger partial charge in [-0.3, -0.25) is 0 Å². The van der Waals surface area contributed by atoms with E-state index in [-0.39, 0.29) is 33.1 Å². The van der Waals surface area contributed by atoms with Crippen molar-refractivity contribution in [2.75, 3.05) is 10.8 Å². The smallest absolute Gasteiger partial charge is 0.277 e. The van der Waals surface area contributed by atoms with Crippen molar-refractivity contribution in [3.8, 4) is 11.5 Å². The summed E-state index contributed by atoms with van der Waals surface area (Å²) in [6.07, 6.45) is 0. The van der Waals surface area contributed by atoms with Gasteiger partial charge in [0.05, 0.1) is 22.6 Å². The molecule has 0 spiro atoms. The maximum Gasteiger partial charge on any atom is 0.277 e. The van der Waals surface area contributed by atoms with E-state index in [9.17, 15) is 21.9 Å². The molecule has 7 nitrogen and oxygen atoms in total. The highest BCUT2D eigenvalue weighted by molar-refractivity contribution is 8.10. The van der Waals surface area contributed by atoms with Gasteiger partial charge in [-0.15, -0.1) is 0 Å². The van der Waals surface area contributed by atoms with Gasteiger partial charge < -0.3 is 9.84 Å². The first-order valence-corrected chi connectivity index (χ1v) is 14.1. The number of phenolic OH excluding ortho intramolecular Hbond substituents is 1. The number of hydrogen-bond donors (Lipinski definition) is 1. The van der Waals surface area contributed by atoms with Crippen molar-refractivity contribution in [2.45, 2.75) is 49.3 Å². The molecule has 10 heteroatoms. The SMILES string of the molecule is COc1ccc(S(=O)(=O)N(c2cc(C(C)C)c(O)c(C(C)C)c2)S(=O)(=O)c2ccc(Cl)cc2)cc1. The first kappa shape index (κ1) is 26.8. The summed E-state index contributed by atoms with van der Waals surface area (Å²) in [7, 11) is -7.79. The van der Waals surface area contributed by atoms with Crippen LogP contribution < -0.4 is 8.45 Å². The Morgan fingerprint density at radius 1 is 0.771 bits per heavy atom. The second-order valence-electron chi connectivity index (χ2n) is 8.62. The zero-order valence-electron chi connectivity index (χ0n) is 20.1. The van der Waals surface area contributed by atoms with Crippen LogP contribution in [0.3, 0.4) is 0 Å². The van der Waals surface area contributed by atoms with E-state index in [1.54, 1.807) is 0 Å². The van der Waals surface area contributed by atoms with Gasteiger partial charge in [0.15, 0.2) is 0 Å². The number of methoxy groups -OCH3 is 1. The normalized spacial score (nSPS) is 12.2. The van der Waals surface area contributed by atoms with Crippen molar-refractivity contribution < 1.29 is 26.7 Å². The number of rotatable bonds is 8. The minimum absolute atomic E-state index is 0.0180. The molecule has 0 aliphatic carbocycles. The summed E-state index contributed by atoms with van der Waals surface area (Å²) in [5.74, 6) is 0.0433.